The SMILES string of the molecule is CC(C)(C)OC(=O)N[C@H](Cc1cccc(Br)c1)C(=O)[O-]. The van der Waals surface area contributed by atoms with Gasteiger partial charge in [-0.2, -0.15) is 0 Å². The van der Waals surface area contributed by atoms with E-state index in [4.69, 9.17) is 4.74 Å². The average molecular weight is 343 g/mol. The lowest BCUT2D eigenvalue weighted by Crippen LogP contribution is -2.50. The number of benzene rings is 1. The Morgan fingerprint density at radius 3 is 2.55 bits per heavy atom. The van der Waals surface area contributed by atoms with Crippen molar-refractivity contribution in [3.05, 3.63) is 34.3 Å². The first-order valence-electron chi connectivity index (χ1n) is 6.12. The van der Waals surface area contributed by atoms with Crippen molar-refractivity contribution in [1.29, 1.82) is 0 Å². The first-order chi connectivity index (χ1) is 9.17. The van der Waals surface area contributed by atoms with Crippen molar-refractivity contribution in [2.24, 2.45) is 0 Å². The number of ether oxygens (including phenoxy) is 1. The second kappa shape index (κ2) is 6.74. The Morgan fingerprint density at radius 1 is 1.40 bits per heavy atom. The van der Waals surface area contributed by atoms with E-state index in [1.54, 1.807) is 39.0 Å². The van der Waals surface area contributed by atoms with Gasteiger partial charge in [0.25, 0.3) is 0 Å². The molecular formula is C14H17BrNO4-. The molecule has 0 spiro atoms. The summed E-state index contributed by atoms with van der Waals surface area (Å²) >= 11 is 3.30. The molecule has 0 aliphatic heterocycles. The Morgan fingerprint density at radius 2 is 2.05 bits per heavy atom. The summed E-state index contributed by atoms with van der Waals surface area (Å²) in [6.45, 7) is 5.11. The van der Waals surface area contributed by atoms with Crippen LogP contribution in [0.4, 0.5) is 4.79 Å². The molecule has 20 heavy (non-hydrogen) atoms. The molecule has 0 bridgehead atoms. The topological polar surface area (TPSA) is 78.5 Å². The minimum absolute atomic E-state index is 0.126. The fourth-order valence-corrected chi connectivity index (χ4v) is 1.99. The van der Waals surface area contributed by atoms with Crippen LogP contribution in [-0.4, -0.2) is 23.7 Å². The van der Waals surface area contributed by atoms with E-state index in [-0.39, 0.29) is 6.42 Å². The number of hydrogen-bond acceptors (Lipinski definition) is 4. The number of carboxylic acid groups (broad SMARTS) is 1. The number of aliphatic carboxylic acids is 1. The van der Waals surface area contributed by atoms with Gasteiger partial charge in [-0.25, -0.2) is 4.79 Å². The van der Waals surface area contributed by atoms with Crippen molar-refractivity contribution >= 4 is 28.0 Å². The van der Waals surface area contributed by atoms with Gasteiger partial charge in [0.05, 0.1) is 12.0 Å². The van der Waals surface area contributed by atoms with Gasteiger partial charge in [-0.15, -0.1) is 0 Å². The fourth-order valence-electron chi connectivity index (χ4n) is 1.54. The lowest BCUT2D eigenvalue weighted by molar-refractivity contribution is -0.308. The molecule has 0 aliphatic rings. The molecule has 0 aromatic heterocycles. The quantitative estimate of drug-likeness (QED) is 0.901. The summed E-state index contributed by atoms with van der Waals surface area (Å²) in [7, 11) is 0. The number of amides is 1. The van der Waals surface area contributed by atoms with Crippen LogP contribution in [0.5, 0.6) is 0 Å². The van der Waals surface area contributed by atoms with E-state index >= 15 is 0 Å². The summed E-state index contributed by atoms with van der Waals surface area (Å²) in [5, 5.41) is 13.4. The van der Waals surface area contributed by atoms with Gasteiger partial charge < -0.3 is 20.0 Å². The van der Waals surface area contributed by atoms with Gasteiger partial charge in [-0.1, -0.05) is 28.1 Å². The van der Waals surface area contributed by atoms with Crippen molar-refractivity contribution in [1.82, 2.24) is 5.32 Å². The van der Waals surface area contributed by atoms with Crippen molar-refractivity contribution in [3.8, 4) is 0 Å². The first kappa shape index (κ1) is 16.5. The van der Waals surface area contributed by atoms with Gasteiger partial charge in [0, 0.05) is 4.47 Å². The molecule has 0 saturated carbocycles. The number of halogens is 1. The standard InChI is InChI=1S/C14H18BrNO4/c1-14(2,3)20-13(19)16-11(12(17)18)8-9-5-4-6-10(15)7-9/h4-7,11H,8H2,1-3H3,(H,16,19)(H,17,18)/p-1/t11-/m1/s1. The second-order valence-corrected chi connectivity index (χ2v) is 6.27. The highest BCUT2D eigenvalue weighted by molar-refractivity contribution is 9.10. The lowest BCUT2D eigenvalue weighted by Gasteiger charge is -2.24. The number of nitrogens with one attached hydrogen (secondary N) is 1. The van der Waals surface area contributed by atoms with Crippen LogP contribution in [0.3, 0.4) is 0 Å². The van der Waals surface area contributed by atoms with E-state index in [2.05, 4.69) is 21.2 Å². The van der Waals surface area contributed by atoms with E-state index in [1.807, 2.05) is 6.07 Å². The highest BCUT2D eigenvalue weighted by Crippen LogP contribution is 2.13. The molecule has 0 heterocycles. The summed E-state index contributed by atoms with van der Waals surface area (Å²) in [6.07, 6.45) is -0.650. The normalized spacial score (nSPS) is 12.6. The van der Waals surface area contributed by atoms with Gasteiger partial charge in [0.2, 0.25) is 0 Å². The van der Waals surface area contributed by atoms with E-state index in [0.29, 0.717) is 0 Å². The van der Waals surface area contributed by atoms with Gasteiger partial charge in [0.1, 0.15) is 5.60 Å². The van der Waals surface area contributed by atoms with Crippen LogP contribution in [-0.2, 0) is 16.0 Å². The molecule has 110 valence electrons. The predicted octanol–water partition coefficient (Wildman–Crippen LogP) is 1.63. The van der Waals surface area contributed by atoms with Crippen molar-refractivity contribution < 1.29 is 19.4 Å². The van der Waals surface area contributed by atoms with E-state index in [0.717, 1.165) is 10.0 Å². The Bertz CT molecular complexity index is 496. The summed E-state index contributed by atoms with van der Waals surface area (Å²) in [6, 6.07) is 6.04. The predicted molar refractivity (Wildman–Crippen MR) is 76.0 cm³/mol. The van der Waals surface area contributed by atoms with Gasteiger partial charge in [-0.3, -0.25) is 0 Å². The molecule has 1 rings (SSSR count). The van der Waals surface area contributed by atoms with Gasteiger partial charge in [0.15, 0.2) is 0 Å². The molecule has 1 atom stereocenters. The summed E-state index contributed by atoms with van der Waals surface area (Å²) < 4.78 is 5.87. The Kier molecular flexibility index (Phi) is 5.56. The molecule has 1 N–H and O–H groups in total. The molecule has 0 saturated heterocycles. The number of carbonyl (C=O) groups is 2. The monoisotopic (exact) mass is 342 g/mol. The fraction of sp³-hybridized carbons (Fsp3) is 0.429. The Labute approximate surface area is 126 Å². The minimum Gasteiger partial charge on any atom is -0.548 e. The molecule has 0 radical (unpaired) electrons. The first-order valence-corrected chi connectivity index (χ1v) is 6.91. The molecule has 1 aromatic rings. The van der Waals surface area contributed by atoms with Crippen LogP contribution in [0.25, 0.3) is 0 Å². The molecule has 0 aliphatic carbocycles. The van der Waals surface area contributed by atoms with E-state index < -0.39 is 23.7 Å². The highest BCUT2D eigenvalue weighted by atomic mass is 79.9. The third kappa shape index (κ3) is 6.06. The van der Waals surface area contributed by atoms with Crippen molar-refractivity contribution in [2.75, 3.05) is 0 Å². The highest BCUT2D eigenvalue weighted by Gasteiger charge is 2.20. The molecule has 1 aromatic carbocycles. The maximum absolute atomic E-state index is 11.6. The van der Waals surface area contributed by atoms with Crippen LogP contribution >= 0.6 is 15.9 Å². The van der Waals surface area contributed by atoms with Gasteiger partial charge in [-0.05, 0) is 44.9 Å². The largest absolute Gasteiger partial charge is 0.548 e. The Balaban J connectivity index is 2.71. The number of alkyl carbamates (subject to hydrolysis) is 1. The number of carboxylic acids is 1. The van der Waals surface area contributed by atoms with Crippen LogP contribution in [0.2, 0.25) is 0 Å². The smallest absolute Gasteiger partial charge is 0.408 e. The molecule has 6 heteroatoms. The van der Waals surface area contributed by atoms with Crippen LogP contribution in [0.1, 0.15) is 26.3 Å². The summed E-state index contributed by atoms with van der Waals surface area (Å²) in [5.41, 5.74) is 0.0840. The van der Waals surface area contributed by atoms with E-state index in [1.165, 1.54) is 0 Å². The van der Waals surface area contributed by atoms with Crippen LogP contribution in [0.15, 0.2) is 28.7 Å². The number of rotatable bonds is 4. The minimum atomic E-state index is -1.35. The van der Waals surface area contributed by atoms with Crippen molar-refractivity contribution in [2.45, 2.75) is 38.8 Å². The zero-order valence-corrected chi connectivity index (χ0v) is 13.2. The number of carbonyl (C=O) groups excluding carboxylic acids is 2. The van der Waals surface area contributed by atoms with Crippen LogP contribution < -0.4 is 10.4 Å². The Hall–Kier alpha value is -1.56. The zero-order chi connectivity index (χ0) is 15.3. The molecule has 0 unspecified atom stereocenters. The molecule has 0 fully saturated rings. The average Bonchev–Trinajstić information content (AvgIpc) is 2.25. The van der Waals surface area contributed by atoms with E-state index in [9.17, 15) is 14.7 Å². The third-order valence-corrected chi connectivity index (χ3v) is 2.80. The van der Waals surface area contributed by atoms with Crippen molar-refractivity contribution in [3.63, 3.8) is 0 Å². The lowest BCUT2D eigenvalue weighted by atomic mass is 10.1. The van der Waals surface area contributed by atoms with Crippen LogP contribution in [0, 0.1) is 0 Å². The van der Waals surface area contributed by atoms with Gasteiger partial charge >= 0.3 is 6.09 Å². The molecule has 5 nitrogen and oxygen atoms in total. The zero-order valence-electron chi connectivity index (χ0n) is 11.6. The summed E-state index contributed by atoms with van der Waals surface area (Å²) in [4.78, 5) is 22.7. The number of hydrogen-bond donors (Lipinski definition) is 1. The maximum atomic E-state index is 11.6. The molecular weight excluding hydrogens is 326 g/mol. The third-order valence-electron chi connectivity index (χ3n) is 2.30. The summed E-state index contributed by atoms with van der Waals surface area (Å²) in [5.74, 6) is -1.35. The second-order valence-electron chi connectivity index (χ2n) is 5.35. The molecule has 1 amide bonds. The maximum Gasteiger partial charge on any atom is 0.408 e.